The topological polar surface area (TPSA) is 69.0 Å². The van der Waals surface area contributed by atoms with Gasteiger partial charge in [0.15, 0.2) is 5.82 Å². The number of carbonyl (C=O) groups excluding carboxylic acids is 1. The van der Waals surface area contributed by atoms with Gasteiger partial charge in [0.05, 0.1) is 0 Å². The van der Waals surface area contributed by atoms with Crippen LogP contribution >= 0.6 is 0 Å². The van der Waals surface area contributed by atoms with E-state index in [2.05, 4.69) is 15.4 Å². The third-order valence-electron chi connectivity index (χ3n) is 3.63. The highest BCUT2D eigenvalue weighted by Crippen LogP contribution is 2.23. The van der Waals surface area contributed by atoms with Crippen molar-refractivity contribution in [2.45, 2.75) is 19.4 Å². The standard InChI is InChI=1S/C15H18N4O2/c1-10-6-7-21-13(10)15(20)17-12-5-3-4-11(8-12)14-16-9-19(2)18-14/h3-5,8-10,13H,6-7H2,1-2H3,(H,17,20). The Hall–Kier alpha value is -2.21. The van der Waals surface area contributed by atoms with Gasteiger partial charge in [-0.2, -0.15) is 5.10 Å². The van der Waals surface area contributed by atoms with Crippen LogP contribution in [-0.2, 0) is 16.6 Å². The fraction of sp³-hybridized carbons (Fsp3) is 0.400. The van der Waals surface area contributed by atoms with Crippen LogP contribution < -0.4 is 5.32 Å². The lowest BCUT2D eigenvalue weighted by molar-refractivity contribution is -0.126. The summed E-state index contributed by atoms with van der Waals surface area (Å²) in [6, 6.07) is 7.51. The molecule has 1 fully saturated rings. The maximum Gasteiger partial charge on any atom is 0.253 e. The van der Waals surface area contributed by atoms with Crippen molar-refractivity contribution < 1.29 is 9.53 Å². The number of hydrogen-bond donors (Lipinski definition) is 1. The van der Waals surface area contributed by atoms with Crippen molar-refractivity contribution in [1.82, 2.24) is 14.8 Å². The summed E-state index contributed by atoms with van der Waals surface area (Å²) >= 11 is 0. The molecule has 1 aromatic carbocycles. The summed E-state index contributed by atoms with van der Waals surface area (Å²) < 4.78 is 7.12. The van der Waals surface area contributed by atoms with E-state index in [1.807, 2.05) is 38.2 Å². The van der Waals surface area contributed by atoms with Crippen LogP contribution in [0.15, 0.2) is 30.6 Å². The van der Waals surface area contributed by atoms with Crippen molar-refractivity contribution in [1.29, 1.82) is 0 Å². The number of anilines is 1. The fourth-order valence-electron chi connectivity index (χ4n) is 2.45. The Bertz CT molecular complexity index is 653. The van der Waals surface area contributed by atoms with Crippen LogP contribution in [0.5, 0.6) is 0 Å². The number of aromatic nitrogens is 3. The van der Waals surface area contributed by atoms with Crippen molar-refractivity contribution in [2.24, 2.45) is 13.0 Å². The van der Waals surface area contributed by atoms with Gasteiger partial charge in [0.25, 0.3) is 5.91 Å². The number of aryl methyl sites for hydroxylation is 1. The lowest BCUT2D eigenvalue weighted by Gasteiger charge is -2.14. The van der Waals surface area contributed by atoms with Gasteiger partial charge in [-0.15, -0.1) is 0 Å². The van der Waals surface area contributed by atoms with Crippen molar-refractivity contribution in [2.75, 3.05) is 11.9 Å². The minimum Gasteiger partial charge on any atom is -0.368 e. The van der Waals surface area contributed by atoms with Crippen molar-refractivity contribution >= 4 is 11.6 Å². The van der Waals surface area contributed by atoms with Crippen LogP contribution in [0.2, 0.25) is 0 Å². The molecule has 1 N–H and O–H groups in total. The van der Waals surface area contributed by atoms with Crippen LogP contribution in [-0.4, -0.2) is 33.4 Å². The normalized spacial score (nSPS) is 21.4. The molecule has 0 saturated carbocycles. The van der Waals surface area contributed by atoms with Crippen LogP contribution in [0.3, 0.4) is 0 Å². The summed E-state index contributed by atoms with van der Waals surface area (Å²) in [6.45, 7) is 2.68. The monoisotopic (exact) mass is 286 g/mol. The number of amides is 1. The molecule has 1 aliphatic rings. The van der Waals surface area contributed by atoms with Gasteiger partial charge in [-0.1, -0.05) is 19.1 Å². The van der Waals surface area contributed by atoms with Gasteiger partial charge in [0.1, 0.15) is 12.4 Å². The van der Waals surface area contributed by atoms with Gasteiger partial charge >= 0.3 is 0 Å². The zero-order chi connectivity index (χ0) is 14.8. The summed E-state index contributed by atoms with van der Waals surface area (Å²) in [5.74, 6) is 0.802. The molecule has 2 unspecified atom stereocenters. The minimum absolute atomic E-state index is 0.0915. The van der Waals surface area contributed by atoms with E-state index in [1.165, 1.54) is 0 Å². The van der Waals surface area contributed by atoms with E-state index in [1.54, 1.807) is 11.0 Å². The molecule has 0 radical (unpaired) electrons. The zero-order valence-corrected chi connectivity index (χ0v) is 12.1. The highest BCUT2D eigenvalue weighted by atomic mass is 16.5. The first-order valence-corrected chi connectivity index (χ1v) is 7.02. The molecule has 1 aromatic heterocycles. The van der Waals surface area contributed by atoms with E-state index in [-0.39, 0.29) is 17.9 Å². The highest BCUT2D eigenvalue weighted by Gasteiger charge is 2.30. The third-order valence-corrected chi connectivity index (χ3v) is 3.63. The Morgan fingerprint density at radius 2 is 2.33 bits per heavy atom. The smallest absolute Gasteiger partial charge is 0.253 e. The van der Waals surface area contributed by atoms with E-state index >= 15 is 0 Å². The van der Waals surface area contributed by atoms with Gasteiger partial charge < -0.3 is 10.1 Å². The maximum atomic E-state index is 12.2. The van der Waals surface area contributed by atoms with Gasteiger partial charge in [0, 0.05) is 24.9 Å². The van der Waals surface area contributed by atoms with E-state index in [4.69, 9.17) is 4.74 Å². The van der Waals surface area contributed by atoms with Crippen LogP contribution in [0.4, 0.5) is 5.69 Å². The van der Waals surface area contributed by atoms with Gasteiger partial charge in [-0.05, 0) is 24.5 Å². The highest BCUT2D eigenvalue weighted by molar-refractivity contribution is 5.95. The molecular formula is C15H18N4O2. The maximum absolute atomic E-state index is 12.2. The average Bonchev–Trinajstić information content (AvgIpc) is 3.08. The molecule has 0 bridgehead atoms. The van der Waals surface area contributed by atoms with E-state index in [0.29, 0.717) is 12.4 Å². The first-order valence-electron chi connectivity index (χ1n) is 7.02. The number of ether oxygens (including phenoxy) is 1. The summed E-state index contributed by atoms with van der Waals surface area (Å²) in [5.41, 5.74) is 1.60. The molecule has 3 rings (SSSR count). The first kappa shape index (κ1) is 13.8. The first-order chi connectivity index (χ1) is 10.1. The zero-order valence-electron chi connectivity index (χ0n) is 12.1. The number of nitrogens with one attached hydrogen (secondary N) is 1. The molecule has 6 heteroatoms. The molecule has 1 saturated heterocycles. The second-order valence-corrected chi connectivity index (χ2v) is 5.37. The lowest BCUT2D eigenvalue weighted by Crippen LogP contribution is -2.31. The van der Waals surface area contributed by atoms with E-state index in [0.717, 1.165) is 17.7 Å². The minimum atomic E-state index is -0.360. The largest absolute Gasteiger partial charge is 0.368 e. The molecule has 2 aromatic rings. The molecule has 0 spiro atoms. The Morgan fingerprint density at radius 1 is 1.48 bits per heavy atom. The summed E-state index contributed by atoms with van der Waals surface area (Å²) in [6.07, 6.45) is 2.21. The Morgan fingerprint density at radius 3 is 3.00 bits per heavy atom. The second kappa shape index (κ2) is 5.65. The molecule has 2 atom stereocenters. The summed E-state index contributed by atoms with van der Waals surface area (Å²) in [4.78, 5) is 16.4. The Labute approximate surface area is 123 Å². The predicted octanol–water partition coefficient (Wildman–Crippen LogP) is 1.85. The SMILES string of the molecule is CC1CCOC1C(=O)Nc1cccc(-c2ncn(C)n2)c1. The molecule has 2 heterocycles. The summed E-state index contributed by atoms with van der Waals surface area (Å²) in [7, 11) is 1.82. The second-order valence-electron chi connectivity index (χ2n) is 5.37. The van der Waals surface area contributed by atoms with Crippen LogP contribution in [0.25, 0.3) is 11.4 Å². The Balaban J connectivity index is 1.76. The number of carbonyl (C=O) groups is 1. The molecule has 0 aliphatic carbocycles. The lowest BCUT2D eigenvalue weighted by atomic mass is 10.0. The molecular weight excluding hydrogens is 268 g/mol. The quantitative estimate of drug-likeness (QED) is 0.935. The van der Waals surface area contributed by atoms with Gasteiger partial charge in [0.2, 0.25) is 0 Å². The number of benzene rings is 1. The van der Waals surface area contributed by atoms with Crippen LogP contribution in [0.1, 0.15) is 13.3 Å². The summed E-state index contributed by atoms with van der Waals surface area (Å²) in [5, 5.41) is 7.16. The third kappa shape index (κ3) is 2.95. The molecule has 1 aliphatic heterocycles. The van der Waals surface area contributed by atoms with Crippen molar-refractivity contribution in [3.8, 4) is 11.4 Å². The molecule has 6 nitrogen and oxygen atoms in total. The van der Waals surface area contributed by atoms with Crippen LogP contribution in [0, 0.1) is 5.92 Å². The predicted molar refractivity (Wildman–Crippen MR) is 78.6 cm³/mol. The fourth-order valence-corrected chi connectivity index (χ4v) is 2.45. The van der Waals surface area contributed by atoms with Crippen molar-refractivity contribution in [3.05, 3.63) is 30.6 Å². The van der Waals surface area contributed by atoms with E-state index < -0.39 is 0 Å². The average molecular weight is 286 g/mol. The van der Waals surface area contributed by atoms with Gasteiger partial charge in [-0.25, -0.2) is 4.98 Å². The van der Waals surface area contributed by atoms with Gasteiger partial charge in [-0.3, -0.25) is 9.48 Å². The van der Waals surface area contributed by atoms with Crippen molar-refractivity contribution in [3.63, 3.8) is 0 Å². The molecule has 110 valence electrons. The van der Waals surface area contributed by atoms with E-state index in [9.17, 15) is 4.79 Å². The number of nitrogens with zero attached hydrogens (tertiary/aromatic N) is 3. The number of rotatable bonds is 3. The molecule has 1 amide bonds. The number of hydrogen-bond acceptors (Lipinski definition) is 4. The molecule has 21 heavy (non-hydrogen) atoms. The Kier molecular flexibility index (Phi) is 3.70.